The van der Waals surface area contributed by atoms with Crippen molar-refractivity contribution >= 4 is 11.7 Å². The molecule has 6 nitrogen and oxygen atoms in total. The van der Waals surface area contributed by atoms with E-state index in [-0.39, 0.29) is 5.56 Å². The minimum atomic E-state index is -1.32. The first-order chi connectivity index (χ1) is 8.09. The van der Waals surface area contributed by atoms with Gasteiger partial charge in [-0.15, -0.1) is 0 Å². The molecule has 0 aliphatic heterocycles. The Kier molecular flexibility index (Phi) is 2.61. The summed E-state index contributed by atoms with van der Waals surface area (Å²) >= 11 is 0. The van der Waals surface area contributed by atoms with Crippen molar-refractivity contribution in [3.8, 4) is 11.1 Å². The van der Waals surface area contributed by atoms with Crippen LogP contribution in [0.1, 0.15) is 10.4 Å². The molecule has 1 aromatic heterocycles. The fourth-order valence-corrected chi connectivity index (χ4v) is 1.47. The SMILES string of the molecule is O=C(O)c1ccc(-c2ccoc2)cc1[N+](=O)[O-]. The summed E-state index contributed by atoms with van der Waals surface area (Å²) in [6, 6.07) is 5.57. The summed E-state index contributed by atoms with van der Waals surface area (Å²) in [5.41, 5.74) is 0.430. The smallest absolute Gasteiger partial charge is 0.342 e. The van der Waals surface area contributed by atoms with Crippen LogP contribution in [0.3, 0.4) is 0 Å². The van der Waals surface area contributed by atoms with Crippen LogP contribution in [0.4, 0.5) is 5.69 Å². The molecular formula is C11H7NO5. The number of carboxylic acid groups (broad SMARTS) is 1. The van der Waals surface area contributed by atoms with Crippen LogP contribution in [0.25, 0.3) is 11.1 Å². The lowest BCUT2D eigenvalue weighted by Gasteiger charge is -2.00. The Labute approximate surface area is 95.3 Å². The predicted octanol–water partition coefficient (Wildman–Crippen LogP) is 2.55. The van der Waals surface area contributed by atoms with E-state index >= 15 is 0 Å². The molecule has 17 heavy (non-hydrogen) atoms. The lowest BCUT2D eigenvalue weighted by atomic mass is 10.0. The predicted molar refractivity (Wildman–Crippen MR) is 57.8 cm³/mol. The average Bonchev–Trinajstić information content (AvgIpc) is 2.81. The minimum absolute atomic E-state index is 0.331. The van der Waals surface area contributed by atoms with Crippen LogP contribution in [0.5, 0.6) is 0 Å². The number of carbonyl (C=O) groups is 1. The van der Waals surface area contributed by atoms with E-state index in [0.29, 0.717) is 11.1 Å². The van der Waals surface area contributed by atoms with E-state index in [1.54, 1.807) is 6.07 Å². The van der Waals surface area contributed by atoms with Gasteiger partial charge in [0.2, 0.25) is 0 Å². The quantitative estimate of drug-likeness (QED) is 0.649. The van der Waals surface area contributed by atoms with Crippen molar-refractivity contribution in [2.24, 2.45) is 0 Å². The first-order valence-electron chi connectivity index (χ1n) is 4.64. The van der Waals surface area contributed by atoms with Gasteiger partial charge in [-0.2, -0.15) is 0 Å². The van der Waals surface area contributed by atoms with Crippen LogP contribution < -0.4 is 0 Å². The van der Waals surface area contributed by atoms with Crippen molar-refractivity contribution in [1.29, 1.82) is 0 Å². The van der Waals surface area contributed by atoms with E-state index in [1.807, 2.05) is 0 Å². The van der Waals surface area contributed by atoms with E-state index in [0.717, 1.165) is 0 Å². The number of furan rings is 1. The van der Waals surface area contributed by atoms with Crippen LogP contribution in [0.2, 0.25) is 0 Å². The van der Waals surface area contributed by atoms with E-state index in [2.05, 4.69) is 0 Å². The van der Waals surface area contributed by atoms with Gasteiger partial charge < -0.3 is 9.52 Å². The minimum Gasteiger partial charge on any atom is -0.477 e. The largest absolute Gasteiger partial charge is 0.477 e. The highest BCUT2D eigenvalue weighted by Gasteiger charge is 2.20. The van der Waals surface area contributed by atoms with Crippen molar-refractivity contribution < 1.29 is 19.2 Å². The molecular weight excluding hydrogens is 226 g/mol. The monoisotopic (exact) mass is 233 g/mol. The summed E-state index contributed by atoms with van der Waals surface area (Å²) in [5.74, 6) is -1.32. The standard InChI is InChI=1S/C11H7NO5/c13-11(14)9-2-1-7(5-10(9)12(15)16)8-3-4-17-6-8/h1-6H,(H,13,14). The Morgan fingerprint density at radius 3 is 2.59 bits per heavy atom. The molecule has 0 atom stereocenters. The first kappa shape index (κ1) is 10.9. The number of rotatable bonds is 3. The number of nitro groups is 1. The number of hydrogen-bond donors (Lipinski definition) is 1. The van der Waals surface area contributed by atoms with Gasteiger partial charge in [-0.05, 0) is 17.7 Å². The molecule has 2 aromatic rings. The Balaban J connectivity index is 2.57. The molecule has 0 aliphatic rings. The van der Waals surface area contributed by atoms with Gasteiger partial charge >= 0.3 is 5.97 Å². The molecule has 0 fully saturated rings. The molecule has 0 aliphatic carbocycles. The molecule has 2 rings (SSSR count). The zero-order valence-corrected chi connectivity index (χ0v) is 8.49. The van der Waals surface area contributed by atoms with Crippen LogP contribution in [0, 0.1) is 10.1 Å². The Morgan fingerprint density at radius 1 is 1.29 bits per heavy atom. The third-order valence-corrected chi connectivity index (χ3v) is 2.28. The molecule has 6 heteroatoms. The number of carboxylic acids is 1. The molecule has 1 aromatic carbocycles. The summed E-state index contributed by atoms with van der Waals surface area (Å²) in [4.78, 5) is 20.9. The lowest BCUT2D eigenvalue weighted by molar-refractivity contribution is -0.385. The third kappa shape index (κ3) is 2.00. The fraction of sp³-hybridized carbons (Fsp3) is 0. The highest BCUT2D eigenvalue weighted by atomic mass is 16.6. The maximum absolute atomic E-state index is 10.8. The van der Waals surface area contributed by atoms with Gasteiger partial charge in [-0.1, -0.05) is 6.07 Å². The summed E-state index contributed by atoms with van der Waals surface area (Å²) in [5, 5.41) is 19.6. The van der Waals surface area contributed by atoms with Crippen LogP contribution in [-0.4, -0.2) is 16.0 Å². The van der Waals surface area contributed by atoms with Crippen LogP contribution in [-0.2, 0) is 0 Å². The highest BCUT2D eigenvalue weighted by Crippen LogP contribution is 2.27. The fourth-order valence-electron chi connectivity index (χ4n) is 1.47. The highest BCUT2D eigenvalue weighted by molar-refractivity contribution is 5.93. The second kappa shape index (κ2) is 4.09. The molecule has 0 saturated carbocycles. The van der Waals surface area contributed by atoms with Gasteiger partial charge in [-0.25, -0.2) is 4.79 Å². The number of nitro benzene ring substituents is 1. The van der Waals surface area contributed by atoms with Gasteiger partial charge in [0.1, 0.15) is 5.56 Å². The first-order valence-corrected chi connectivity index (χ1v) is 4.64. The summed E-state index contributed by atoms with van der Waals surface area (Å²) in [6.45, 7) is 0. The molecule has 0 unspecified atom stereocenters. The molecule has 0 amide bonds. The molecule has 0 radical (unpaired) electrons. The van der Waals surface area contributed by atoms with E-state index in [9.17, 15) is 14.9 Å². The molecule has 0 saturated heterocycles. The lowest BCUT2D eigenvalue weighted by Crippen LogP contribution is -2.02. The molecule has 1 heterocycles. The van der Waals surface area contributed by atoms with Crippen LogP contribution in [0.15, 0.2) is 41.2 Å². The van der Waals surface area contributed by atoms with Gasteiger partial charge in [0.15, 0.2) is 0 Å². The summed E-state index contributed by atoms with van der Waals surface area (Å²) < 4.78 is 4.86. The molecule has 0 spiro atoms. The second-order valence-corrected chi connectivity index (χ2v) is 3.31. The number of benzene rings is 1. The van der Waals surface area contributed by atoms with Crippen molar-refractivity contribution in [2.45, 2.75) is 0 Å². The zero-order valence-electron chi connectivity index (χ0n) is 8.49. The topological polar surface area (TPSA) is 93.6 Å². The van der Waals surface area contributed by atoms with Gasteiger partial charge in [0.25, 0.3) is 5.69 Å². The van der Waals surface area contributed by atoms with Gasteiger partial charge in [0, 0.05) is 11.6 Å². The maximum Gasteiger partial charge on any atom is 0.342 e. The van der Waals surface area contributed by atoms with Crippen molar-refractivity contribution in [2.75, 3.05) is 0 Å². The van der Waals surface area contributed by atoms with Crippen molar-refractivity contribution in [3.63, 3.8) is 0 Å². The Morgan fingerprint density at radius 2 is 2.06 bits per heavy atom. The number of aromatic carboxylic acids is 1. The normalized spacial score (nSPS) is 10.1. The molecule has 0 bridgehead atoms. The second-order valence-electron chi connectivity index (χ2n) is 3.31. The zero-order chi connectivity index (χ0) is 12.4. The van der Waals surface area contributed by atoms with Crippen LogP contribution >= 0.6 is 0 Å². The van der Waals surface area contributed by atoms with Crippen molar-refractivity contribution in [3.05, 3.63) is 52.5 Å². The summed E-state index contributed by atoms with van der Waals surface area (Å²) in [7, 11) is 0. The number of hydrogen-bond acceptors (Lipinski definition) is 4. The maximum atomic E-state index is 10.8. The van der Waals surface area contributed by atoms with E-state index in [4.69, 9.17) is 9.52 Å². The van der Waals surface area contributed by atoms with E-state index in [1.165, 1.54) is 30.7 Å². The summed E-state index contributed by atoms with van der Waals surface area (Å²) in [6.07, 6.45) is 2.87. The van der Waals surface area contributed by atoms with Crippen molar-refractivity contribution in [1.82, 2.24) is 0 Å². The average molecular weight is 233 g/mol. The Bertz CT molecular complexity index is 574. The van der Waals surface area contributed by atoms with Gasteiger partial charge in [-0.3, -0.25) is 10.1 Å². The number of nitrogens with zero attached hydrogens (tertiary/aromatic N) is 1. The third-order valence-electron chi connectivity index (χ3n) is 2.28. The molecule has 1 N–H and O–H groups in total. The Hall–Kier alpha value is -2.63. The molecule has 86 valence electrons. The van der Waals surface area contributed by atoms with Gasteiger partial charge in [0.05, 0.1) is 17.4 Å². The van der Waals surface area contributed by atoms with E-state index < -0.39 is 16.6 Å².